The standard InChI is InChI=1S/C12H13F2NO2/c13-8-1-2-11(14)10(5-8)12(17)7-15-4-3-9(16)6-15/h1-2,5,9,16H,3-4,6-7H2. The molecular weight excluding hydrogens is 228 g/mol. The van der Waals surface area contributed by atoms with Gasteiger partial charge in [0.1, 0.15) is 11.6 Å². The zero-order valence-corrected chi connectivity index (χ0v) is 9.20. The van der Waals surface area contributed by atoms with Gasteiger partial charge in [0, 0.05) is 13.1 Å². The van der Waals surface area contributed by atoms with E-state index in [0.717, 1.165) is 18.2 Å². The highest BCUT2D eigenvalue weighted by Gasteiger charge is 2.23. The van der Waals surface area contributed by atoms with Crippen LogP contribution in [0.1, 0.15) is 16.8 Å². The predicted molar refractivity (Wildman–Crippen MR) is 57.8 cm³/mol. The molecule has 0 radical (unpaired) electrons. The van der Waals surface area contributed by atoms with E-state index >= 15 is 0 Å². The molecule has 17 heavy (non-hydrogen) atoms. The minimum atomic E-state index is -0.712. The molecule has 1 aliphatic heterocycles. The molecule has 0 saturated carbocycles. The van der Waals surface area contributed by atoms with Crippen molar-refractivity contribution in [3.8, 4) is 0 Å². The van der Waals surface area contributed by atoms with Crippen molar-refractivity contribution in [3.63, 3.8) is 0 Å². The Kier molecular flexibility index (Phi) is 3.49. The molecule has 1 N–H and O–H groups in total. The highest BCUT2D eigenvalue weighted by atomic mass is 19.1. The van der Waals surface area contributed by atoms with Crippen molar-refractivity contribution in [3.05, 3.63) is 35.4 Å². The lowest BCUT2D eigenvalue weighted by Gasteiger charge is -2.13. The number of ketones is 1. The number of carbonyl (C=O) groups is 1. The van der Waals surface area contributed by atoms with E-state index in [4.69, 9.17) is 0 Å². The minimum Gasteiger partial charge on any atom is -0.392 e. The molecule has 1 aliphatic rings. The van der Waals surface area contributed by atoms with Gasteiger partial charge in [0.2, 0.25) is 0 Å². The maximum atomic E-state index is 13.3. The van der Waals surface area contributed by atoms with Gasteiger partial charge >= 0.3 is 0 Å². The molecule has 3 nitrogen and oxygen atoms in total. The van der Waals surface area contributed by atoms with E-state index in [1.807, 2.05) is 0 Å². The van der Waals surface area contributed by atoms with Gasteiger partial charge in [-0.3, -0.25) is 9.69 Å². The number of Topliss-reactive ketones (excluding diaryl/α,β-unsaturated/α-hetero) is 1. The SMILES string of the molecule is O=C(CN1CCC(O)C1)c1cc(F)ccc1F. The summed E-state index contributed by atoms with van der Waals surface area (Å²) in [6.45, 7) is 1.02. The number of hydrogen-bond donors (Lipinski definition) is 1. The molecule has 0 aliphatic carbocycles. The van der Waals surface area contributed by atoms with Gasteiger partial charge < -0.3 is 5.11 Å². The quantitative estimate of drug-likeness (QED) is 0.809. The third-order valence-electron chi connectivity index (χ3n) is 2.84. The minimum absolute atomic E-state index is 0.0113. The molecule has 1 fully saturated rings. The van der Waals surface area contributed by atoms with Gasteiger partial charge in [-0.05, 0) is 24.6 Å². The average molecular weight is 241 g/mol. The number of benzene rings is 1. The molecule has 2 rings (SSSR count). The first kappa shape index (κ1) is 12.1. The van der Waals surface area contributed by atoms with Crippen LogP contribution in [0.2, 0.25) is 0 Å². The first-order valence-electron chi connectivity index (χ1n) is 5.45. The number of rotatable bonds is 3. The fourth-order valence-corrected chi connectivity index (χ4v) is 1.96. The maximum Gasteiger partial charge on any atom is 0.179 e. The Morgan fingerprint density at radius 3 is 2.88 bits per heavy atom. The summed E-state index contributed by atoms with van der Waals surface area (Å²) < 4.78 is 26.2. The molecule has 5 heteroatoms. The lowest BCUT2D eigenvalue weighted by Crippen LogP contribution is -2.29. The number of halogens is 2. The van der Waals surface area contributed by atoms with Crippen molar-refractivity contribution < 1.29 is 18.7 Å². The van der Waals surface area contributed by atoms with E-state index in [0.29, 0.717) is 19.5 Å². The Balaban J connectivity index is 2.06. The molecule has 1 atom stereocenters. The molecular formula is C12H13F2NO2. The van der Waals surface area contributed by atoms with Crippen molar-refractivity contribution in [1.29, 1.82) is 0 Å². The number of carbonyl (C=O) groups excluding carboxylic acids is 1. The molecule has 1 unspecified atom stereocenters. The second-order valence-electron chi connectivity index (χ2n) is 4.22. The van der Waals surface area contributed by atoms with E-state index in [-0.39, 0.29) is 12.1 Å². The van der Waals surface area contributed by atoms with E-state index in [9.17, 15) is 18.7 Å². The largest absolute Gasteiger partial charge is 0.392 e. The second-order valence-corrected chi connectivity index (χ2v) is 4.22. The molecule has 1 heterocycles. The first-order chi connectivity index (χ1) is 8.06. The van der Waals surface area contributed by atoms with Crippen LogP contribution in [0.5, 0.6) is 0 Å². The Labute approximate surface area is 97.7 Å². The van der Waals surface area contributed by atoms with E-state index in [1.165, 1.54) is 0 Å². The van der Waals surface area contributed by atoms with Crippen LogP contribution in [0.25, 0.3) is 0 Å². The van der Waals surface area contributed by atoms with Gasteiger partial charge in [-0.25, -0.2) is 8.78 Å². The summed E-state index contributed by atoms with van der Waals surface area (Å²) >= 11 is 0. The summed E-state index contributed by atoms with van der Waals surface area (Å²) in [5.74, 6) is -1.80. The van der Waals surface area contributed by atoms with Gasteiger partial charge in [0.05, 0.1) is 18.2 Å². The lowest BCUT2D eigenvalue weighted by molar-refractivity contribution is 0.0930. The van der Waals surface area contributed by atoms with Gasteiger partial charge in [-0.15, -0.1) is 0 Å². The third kappa shape index (κ3) is 2.87. The summed E-state index contributed by atoms with van der Waals surface area (Å²) in [5, 5.41) is 9.29. The monoisotopic (exact) mass is 241 g/mol. The topological polar surface area (TPSA) is 40.5 Å². The van der Waals surface area contributed by atoms with Gasteiger partial charge in [0.15, 0.2) is 5.78 Å². The molecule has 0 amide bonds. The zero-order valence-electron chi connectivity index (χ0n) is 9.20. The Bertz CT molecular complexity index is 437. The van der Waals surface area contributed by atoms with Crippen LogP contribution < -0.4 is 0 Å². The molecule has 0 bridgehead atoms. The fourth-order valence-electron chi connectivity index (χ4n) is 1.96. The molecule has 1 aromatic carbocycles. The Morgan fingerprint density at radius 2 is 2.24 bits per heavy atom. The Morgan fingerprint density at radius 1 is 1.47 bits per heavy atom. The summed E-state index contributed by atoms with van der Waals surface area (Å²) in [5.41, 5.74) is -0.230. The van der Waals surface area contributed by atoms with E-state index < -0.39 is 23.5 Å². The maximum absolute atomic E-state index is 13.3. The van der Waals surface area contributed by atoms with E-state index in [2.05, 4.69) is 0 Å². The van der Waals surface area contributed by atoms with E-state index in [1.54, 1.807) is 4.90 Å². The van der Waals surface area contributed by atoms with Crippen molar-refractivity contribution in [2.75, 3.05) is 19.6 Å². The molecule has 0 spiro atoms. The van der Waals surface area contributed by atoms with Crippen LogP contribution in [0.3, 0.4) is 0 Å². The third-order valence-corrected chi connectivity index (χ3v) is 2.84. The highest BCUT2D eigenvalue weighted by molar-refractivity contribution is 5.97. The molecule has 1 saturated heterocycles. The second kappa shape index (κ2) is 4.89. The van der Waals surface area contributed by atoms with Crippen LogP contribution in [-0.4, -0.2) is 41.5 Å². The zero-order chi connectivity index (χ0) is 12.4. The first-order valence-corrected chi connectivity index (χ1v) is 5.45. The average Bonchev–Trinajstić information content (AvgIpc) is 2.67. The smallest absolute Gasteiger partial charge is 0.179 e. The highest BCUT2D eigenvalue weighted by Crippen LogP contribution is 2.13. The predicted octanol–water partition coefficient (Wildman–Crippen LogP) is 1.21. The van der Waals surface area contributed by atoms with Crippen LogP contribution in [-0.2, 0) is 0 Å². The van der Waals surface area contributed by atoms with Crippen molar-refractivity contribution in [1.82, 2.24) is 4.90 Å². The van der Waals surface area contributed by atoms with Crippen LogP contribution in [0.4, 0.5) is 8.78 Å². The number of aliphatic hydroxyl groups is 1. The number of β-amino-alcohol motifs (C(OH)–C–C–N with tert-alkyl or cyclic N) is 1. The normalized spacial score (nSPS) is 20.8. The molecule has 92 valence electrons. The van der Waals surface area contributed by atoms with Crippen LogP contribution >= 0.6 is 0 Å². The number of hydrogen-bond acceptors (Lipinski definition) is 3. The number of likely N-dealkylation sites (tertiary alicyclic amines) is 1. The summed E-state index contributed by atoms with van der Waals surface area (Å²) in [6, 6.07) is 2.83. The molecule has 1 aromatic rings. The number of nitrogens with zero attached hydrogens (tertiary/aromatic N) is 1. The van der Waals surface area contributed by atoms with Crippen molar-refractivity contribution >= 4 is 5.78 Å². The summed E-state index contributed by atoms with van der Waals surface area (Å²) in [6.07, 6.45) is 0.180. The van der Waals surface area contributed by atoms with Gasteiger partial charge in [-0.2, -0.15) is 0 Å². The van der Waals surface area contributed by atoms with Crippen molar-refractivity contribution in [2.45, 2.75) is 12.5 Å². The Hall–Kier alpha value is -1.33. The van der Waals surface area contributed by atoms with Gasteiger partial charge in [0.25, 0.3) is 0 Å². The summed E-state index contributed by atoms with van der Waals surface area (Å²) in [7, 11) is 0. The number of aliphatic hydroxyl groups excluding tert-OH is 1. The lowest BCUT2D eigenvalue weighted by atomic mass is 10.1. The molecule has 0 aromatic heterocycles. The van der Waals surface area contributed by atoms with Gasteiger partial charge in [-0.1, -0.05) is 0 Å². The van der Waals surface area contributed by atoms with Crippen LogP contribution in [0, 0.1) is 11.6 Å². The fraction of sp³-hybridized carbons (Fsp3) is 0.417. The van der Waals surface area contributed by atoms with Crippen LogP contribution in [0.15, 0.2) is 18.2 Å². The van der Waals surface area contributed by atoms with Crippen molar-refractivity contribution in [2.24, 2.45) is 0 Å². The summed E-state index contributed by atoms with van der Waals surface area (Å²) in [4.78, 5) is 13.5.